The third-order valence-corrected chi connectivity index (χ3v) is 3.29. The number of carbonyl (C=O) groups excluding carboxylic acids is 2. The van der Waals surface area contributed by atoms with E-state index in [0.29, 0.717) is 17.0 Å². The molecule has 0 unspecified atom stereocenters. The zero-order valence-electron chi connectivity index (χ0n) is 11.1. The average molecular weight is 293 g/mol. The summed E-state index contributed by atoms with van der Waals surface area (Å²) in [5.74, 6) is -0.237. The van der Waals surface area contributed by atoms with E-state index >= 15 is 0 Å². The van der Waals surface area contributed by atoms with E-state index in [1.54, 1.807) is 26.0 Å². The number of amides is 1. The number of carbonyl (C=O) groups is 2. The van der Waals surface area contributed by atoms with E-state index in [0.717, 1.165) is 0 Å². The fraction of sp³-hybridized carbons (Fsp3) is 0.357. The summed E-state index contributed by atoms with van der Waals surface area (Å²) in [7, 11) is 0. The monoisotopic (exact) mass is 292 g/mol. The Balaban J connectivity index is 2.54. The summed E-state index contributed by atoms with van der Waals surface area (Å²) in [5.41, 5.74) is -0.230. The number of ether oxygens (including phenoxy) is 1. The number of alkyl halides is 1. The van der Waals surface area contributed by atoms with Crippen LogP contribution < -0.4 is 9.64 Å². The summed E-state index contributed by atoms with van der Waals surface area (Å²) >= 11 is 5.53. The molecule has 0 fully saturated rings. The van der Waals surface area contributed by atoms with Crippen molar-refractivity contribution in [3.05, 3.63) is 23.8 Å². The van der Waals surface area contributed by atoms with Crippen molar-refractivity contribution in [2.75, 3.05) is 17.3 Å². The lowest BCUT2D eigenvalue weighted by molar-refractivity contribution is -0.132. The SMILES string of the molecule is CC1(C)Oc2ccc(C(=O)CCl)cc2N(CC#N)C1=O. The Morgan fingerprint density at radius 1 is 1.50 bits per heavy atom. The molecule has 0 saturated heterocycles. The average Bonchev–Trinajstić information content (AvgIpc) is 2.42. The molecule has 0 saturated carbocycles. The van der Waals surface area contributed by atoms with Crippen LogP contribution in [-0.2, 0) is 4.79 Å². The van der Waals surface area contributed by atoms with Gasteiger partial charge in [0.15, 0.2) is 11.4 Å². The minimum absolute atomic E-state index is 0.100. The molecule has 0 radical (unpaired) electrons. The molecule has 1 amide bonds. The van der Waals surface area contributed by atoms with Crippen molar-refractivity contribution in [1.29, 1.82) is 5.26 Å². The van der Waals surface area contributed by atoms with Crippen LogP contribution in [0.2, 0.25) is 0 Å². The highest BCUT2D eigenvalue weighted by atomic mass is 35.5. The van der Waals surface area contributed by atoms with Crippen LogP contribution >= 0.6 is 11.6 Å². The maximum absolute atomic E-state index is 12.3. The molecule has 0 spiro atoms. The van der Waals surface area contributed by atoms with Crippen molar-refractivity contribution in [2.24, 2.45) is 0 Å². The summed E-state index contributed by atoms with van der Waals surface area (Å²) in [4.78, 5) is 25.2. The normalized spacial score (nSPS) is 16.1. The number of hydrogen-bond acceptors (Lipinski definition) is 4. The molecule has 0 aliphatic carbocycles. The lowest BCUT2D eigenvalue weighted by atomic mass is 10.0. The summed E-state index contributed by atoms with van der Waals surface area (Å²) in [6.45, 7) is 3.18. The Morgan fingerprint density at radius 2 is 2.20 bits per heavy atom. The quantitative estimate of drug-likeness (QED) is 0.486. The molecule has 1 aromatic rings. The van der Waals surface area contributed by atoms with Gasteiger partial charge in [0, 0.05) is 5.56 Å². The smallest absolute Gasteiger partial charge is 0.271 e. The predicted octanol–water partition coefficient (Wildman–Crippen LogP) is 2.14. The third-order valence-electron chi connectivity index (χ3n) is 3.05. The number of fused-ring (bicyclic) bond motifs is 1. The molecule has 20 heavy (non-hydrogen) atoms. The van der Waals surface area contributed by atoms with Crippen molar-refractivity contribution >= 4 is 29.0 Å². The first-order valence-corrected chi connectivity index (χ1v) is 6.55. The van der Waals surface area contributed by atoms with Crippen LogP contribution in [0.5, 0.6) is 5.75 Å². The largest absolute Gasteiger partial charge is 0.476 e. The van der Waals surface area contributed by atoms with E-state index in [1.165, 1.54) is 11.0 Å². The fourth-order valence-corrected chi connectivity index (χ4v) is 2.20. The maximum Gasteiger partial charge on any atom is 0.271 e. The van der Waals surface area contributed by atoms with Crippen molar-refractivity contribution in [3.8, 4) is 11.8 Å². The van der Waals surface area contributed by atoms with Gasteiger partial charge in [-0.05, 0) is 32.0 Å². The minimum atomic E-state index is -1.04. The van der Waals surface area contributed by atoms with Gasteiger partial charge in [-0.25, -0.2) is 0 Å². The van der Waals surface area contributed by atoms with Gasteiger partial charge >= 0.3 is 0 Å². The standard InChI is InChI=1S/C14H13ClN2O3/c1-14(2)13(19)17(6-5-16)10-7-9(11(18)8-15)3-4-12(10)20-14/h3-4,7H,6,8H2,1-2H3. The molecular formula is C14H13ClN2O3. The molecule has 6 heteroatoms. The summed E-state index contributed by atoms with van der Waals surface area (Å²) < 4.78 is 5.63. The highest BCUT2D eigenvalue weighted by Crippen LogP contribution is 2.38. The topological polar surface area (TPSA) is 70.4 Å². The first-order chi connectivity index (χ1) is 9.40. The lowest BCUT2D eigenvalue weighted by Crippen LogP contribution is -2.52. The molecule has 0 aromatic heterocycles. The number of nitriles is 1. The van der Waals surface area contributed by atoms with Crippen LogP contribution in [0.15, 0.2) is 18.2 Å². The molecule has 0 bridgehead atoms. The van der Waals surface area contributed by atoms with Crippen LogP contribution in [0.4, 0.5) is 5.69 Å². The number of anilines is 1. The predicted molar refractivity (Wildman–Crippen MR) is 74.2 cm³/mol. The molecular weight excluding hydrogens is 280 g/mol. The van der Waals surface area contributed by atoms with Gasteiger partial charge in [-0.3, -0.25) is 14.5 Å². The number of Topliss-reactive ketones (excluding diaryl/α,β-unsaturated/α-hetero) is 1. The van der Waals surface area contributed by atoms with Crippen molar-refractivity contribution < 1.29 is 14.3 Å². The first-order valence-electron chi connectivity index (χ1n) is 6.02. The Bertz CT molecular complexity index is 619. The number of hydrogen-bond donors (Lipinski definition) is 0. The molecule has 2 rings (SSSR count). The molecule has 0 N–H and O–H groups in total. The second kappa shape index (κ2) is 5.14. The zero-order valence-corrected chi connectivity index (χ0v) is 11.9. The maximum atomic E-state index is 12.3. The van der Waals surface area contributed by atoms with E-state index in [4.69, 9.17) is 21.6 Å². The molecule has 104 valence electrons. The summed E-state index contributed by atoms with van der Waals surface area (Å²) in [5, 5.41) is 8.88. The van der Waals surface area contributed by atoms with Gasteiger partial charge in [0.05, 0.1) is 17.6 Å². The number of nitrogens with zero attached hydrogens (tertiary/aromatic N) is 2. The Hall–Kier alpha value is -2.06. The van der Waals surface area contributed by atoms with Crippen LogP contribution in [0.25, 0.3) is 0 Å². The van der Waals surface area contributed by atoms with Crippen LogP contribution in [-0.4, -0.2) is 29.7 Å². The van der Waals surface area contributed by atoms with E-state index < -0.39 is 5.60 Å². The summed E-state index contributed by atoms with van der Waals surface area (Å²) in [6.07, 6.45) is 0. The Kier molecular flexibility index (Phi) is 3.69. The molecule has 1 aliphatic heterocycles. The van der Waals surface area contributed by atoms with E-state index in [1.807, 2.05) is 6.07 Å². The van der Waals surface area contributed by atoms with Crippen LogP contribution in [0.1, 0.15) is 24.2 Å². The Labute approximate surface area is 121 Å². The number of benzene rings is 1. The molecule has 1 aromatic carbocycles. The number of halogens is 1. The molecule has 0 atom stereocenters. The van der Waals surface area contributed by atoms with E-state index in [-0.39, 0.29) is 24.1 Å². The van der Waals surface area contributed by atoms with Crippen molar-refractivity contribution in [3.63, 3.8) is 0 Å². The lowest BCUT2D eigenvalue weighted by Gasteiger charge is -2.37. The van der Waals surface area contributed by atoms with Crippen LogP contribution in [0.3, 0.4) is 0 Å². The van der Waals surface area contributed by atoms with Gasteiger partial charge in [-0.2, -0.15) is 5.26 Å². The summed E-state index contributed by atoms with van der Waals surface area (Å²) in [6, 6.07) is 6.70. The van der Waals surface area contributed by atoms with Crippen molar-refractivity contribution in [2.45, 2.75) is 19.4 Å². The first kappa shape index (κ1) is 14.4. The number of rotatable bonds is 3. The molecule has 5 nitrogen and oxygen atoms in total. The van der Waals surface area contributed by atoms with Crippen LogP contribution in [0, 0.1) is 11.3 Å². The molecule has 1 heterocycles. The second-order valence-electron chi connectivity index (χ2n) is 4.90. The van der Waals surface area contributed by atoms with Crippen molar-refractivity contribution in [1.82, 2.24) is 0 Å². The van der Waals surface area contributed by atoms with Gasteiger partial charge < -0.3 is 4.74 Å². The second-order valence-corrected chi connectivity index (χ2v) is 5.17. The number of ketones is 1. The minimum Gasteiger partial charge on any atom is -0.476 e. The van der Waals surface area contributed by atoms with Gasteiger partial charge in [0.1, 0.15) is 12.3 Å². The molecule has 1 aliphatic rings. The Morgan fingerprint density at radius 3 is 2.80 bits per heavy atom. The highest BCUT2D eigenvalue weighted by Gasteiger charge is 2.41. The van der Waals surface area contributed by atoms with E-state index in [2.05, 4.69) is 0 Å². The van der Waals surface area contributed by atoms with Gasteiger partial charge in [-0.1, -0.05) is 0 Å². The zero-order chi connectivity index (χ0) is 14.9. The van der Waals surface area contributed by atoms with Gasteiger partial charge in [0.25, 0.3) is 5.91 Å². The third kappa shape index (κ3) is 2.35. The fourth-order valence-electron chi connectivity index (χ4n) is 2.05. The highest BCUT2D eigenvalue weighted by molar-refractivity contribution is 6.30. The van der Waals surface area contributed by atoms with Gasteiger partial charge in [-0.15, -0.1) is 11.6 Å². The van der Waals surface area contributed by atoms with E-state index in [9.17, 15) is 9.59 Å². The van der Waals surface area contributed by atoms with Gasteiger partial charge in [0.2, 0.25) is 0 Å².